The summed E-state index contributed by atoms with van der Waals surface area (Å²) in [7, 11) is 0. The highest BCUT2D eigenvalue weighted by Gasteiger charge is 2.31. The lowest BCUT2D eigenvalue weighted by atomic mass is 9.96. The molecule has 1 aliphatic heterocycles. The molecule has 1 aromatic heterocycles. The number of aliphatic hydroxyl groups is 3. The van der Waals surface area contributed by atoms with E-state index in [1.54, 1.807) is 12.1 Å². The van der Waals surface area contributed by atoms with Gasteiger partial charge in [0.15, 0.2) is 0 Å². The zero-order valence-electron chi connectivity index (χ0n) is 17.3. The smallest absolute Gasteiger partial charge is 0.147 e. The third-order valence-corrected chi connectivity index (χ3v) is 5.47. The number of allylic oxidation sites excluding steroid dienone is 4. The van der Waals surface area contributed by atoms with E-state index in [2.05, 4.69) is 6.58 Å². The van der Waals surface area contributed by atoms with E-state index in [0.717, 1.165) is 22.1 Å². The van der Waals surface area contributed by atoms with Gasteiger partial charge in [0.05, 0.1) is 30.4 Å². The molecule has 1 saturated heterocycles. The monoisotopic (exact) mass is 415 g/mol. The van der Waals surface area contributed by atoms with E-state index < -0.39 is 18.3 Å². The fraction of sp³-hybridized carbons (Fsp3) is 0.417. The third kappa shape index (κ3) is 5.08. The van der Waals surface area contributed by atoms with E-state index in [-0.39, 0.29) is 19.0 Å². The Labute approximate surface area is 176 Å². The van der Waals surface area contributed by atoms with E-state index in [1.807, 2.05) is 35.9 Å². The number of hydrogen-bond acceptors (Lipinski definition) is 4. The average Bonchev–Trinajstić information content (AvgIpc) is 3.10. The van der Waals surface area contributed by atoms with Crippen LogP contribution >= 0.6 is 0 Å². The SMILES string of the molecule is C=C/C(=C\C=C(/C)Cn1cc([C@H]2C[C@@H](O)C[C@@H](CO)O2)c2cccc(F)c21)CCO. The summed E-state index contributed by atoms with van der Waals surface area (Å²) in [6, 6.07) is 4.97. The van der Waals surface area contributed by atoms with E-state index in [1.165, 1.54) is 6.07 Å². The minimum atomic E-state index is -0.566. The summed E-state index contributed by atoms with van der Waals surface area (Å²) >= 11 is 0. The number of benzene rings is 1. The summed E-state index contributed by atoms with van der Waals surface area (Å²) < 4.78 is 22.6. The van der Waals surface area contributed by atoms with Crippen molar-refractivity contribution in [2.45, 2.75) is 51.0 Å². The molecule has 1 aromatic carbocycles. The molecule has 30 heavy (non-hydrogen) atoms. The maximum Gasteiger partial charge on any atom is 0.147 e. The largest absolute Gasteiger partial charge is 0.396 e. The van der Waals surface area contributed by atoms with Gasteiger partial charge < -0.3 is 24.6 Å². The molecule has 1 fully saturated rings. The van der Waals surface area contributed by atoms with Crippen molar-refractivity contribution < 1.29 is 24.4 Å². The number of rotatable bonds is 8. The van der Waals surface area contributed by atoms with Crippen molar-refractivity contribution >= 4 is 10.9 Å². The zero-order chi connectivity index (χ0) is 21.7. The minimum Gasteiger partial charge on any atom is -0.396 e. The van der Waals surface area contributed by atoms with Gasteiger partial charge in [0.25, 0.3) is 0 Å². The van der Waals surface area contributed by atoms with Gasteiger partial charge in [0, 0.05) is 43.1 Å². The van der Waals surface area contributed by atoms with Crippen LogP contribution in [0, 0.1) is 5.82 Å². The average molecular weight is 416 g/mol. The molecule has 0 amide bonds. The molecule has 3 atom stereocenters. The zero-order valence-corrected chi connectivity index (χ0v) is 17.3. The molecule has 0 aliphatic carbocycles. The fourth-order valence-corrected chi connectivity index (χ4v) is 3.98. The maximum atomic E-state index is 14.7. The van der Waals surface area contributed by atoms with Crippen molar-refractivity contribution in [3.63, 3.8) is 0 Å². The van der Waals surface area contributed by atoms with Gasteiger partial charge in [-0.05, 0) is 25.0 Å². The van der Waals surface area contributed by atoms with Crippen LogP contribution in [0.4, 0.5) is 4.39 Å². The van der Waals surface area contributed by atoms with Crippen LogP contribution < -0.4 is 0 Å². The molecule has 0 spiro atoms. The Morgan fingerprint density at radius 2 is 2.10 bits per heavy atom. The van der Waals surface area contributed by atoms with Gasteiger partial charge in [-0.1, -0.05) is 42.5 Å². The Morgan fingerprint density at radius 1 is 1.30 bits per heavy atom. The minimum absolute atomic E-state index is 0.0592. The lowest BCUT2D eigenvalue weighted by molar-refractivity contribution is -0.113. The molecule has 1 aliphatic rings. The van der Waals surface area contributed by atoms with Crippen molar-refractivity contribution in [1.82, 2.24) is 4.57 Å². The van der Waals surface area contributed by atoms with Gasteiger partial charge in [0.2, 0.25) is 0 Å². The molecule has 0 unspecified atom stereocenters. The molecular weight excluding hydrogens is 385 g/mol. The van der Waals surface area contributed by atoms with Crippen molar-refractivity contribution in [1.29, 1.82) is 0 Å². The highest BCUT2D eigenvalue weighted by atomic mass is 19.1. The summed E-state index contributed by atoms with van der Waals surface area (Å²) in [6.07, 6.45) is 7.39. The molecule has 162 valence electrons. The normalized spacial score (nSPS) is 23.2. The molecular formula is C24H30FNO4. The highest BCUT2D eigenvalue weighted by Crippen LogP contribution is 2.37. The number of ether oxygens (including phenoxy) is 1. The molecule has 6 heteroatoms. The number of hydrogen-bond donors (Lipinski definition) is 3. The summed E-state index contributed by atoms with van der Waals surface area (Å²) in [5, 5.41) is 29.5. The van der Waals surface area contributed by atoms with Crippen molar-refractivity contribution in [2.24, 2.45) is 0 Å². The summed E-state index contributed by atoms with van der Waals surface area (Å²) in [6.45, 7) is 6.10. The first-order valence-electron chi connectivity index (χ1n) is 10.3. The van der Waals surface area contributed by atoms with Crippen LogP contribution in [0.3, 0.4) is 0 Å². The Kier molecular flexibility index (Phi) is 7.61. The second kappa shape index (κ2) is 10.2. The van der Waals surface area contributed by atoms with Gasteiger partial charge in [0.1, 0.15) is 5.82 Å². The van der Waals surface area contributed by atoms with E-state index >= 15 is 0 Å². The number of aromatic nitrogens is 1. The molecule has 0 saturated carbocycles. The number of fused-ring (bicyclic) bond motifs is 1. The second-order valence-corrected chi connectivity index (χ2v) is 7.84. The number of nitrogens with zero attached hydrogens (tertiary/aromatic N) is 1. The van der Waals surface area contributed by atoms with E-state index in [4.69, 9.17) is 9.84 Å². The Bertz CT molecular complexity index is 946. The molecule has 3 N–H and O–H groups in total. The summed E-state index contributed by atoms with van der Waals surface area (Å²) in [5.74, 6) is -0.316. The fourth-order valence-electron chi connectivity index (χ4n) is 3.98. The van der Waals surface area contributed by atoms with Crippen LogP contribution in [0.15, 0.2) is 60.3 Å². The predicted octanol–water partition coefficient (Wildman–Crippen LogP) is 3.79. The molecule has 0 bridgehead atoms. The Morgan fingerprint density at radius 3 is 2.80 bits per heavy atom. The van der Waals surface area contributed by atoms with Crippen molar-refractivity contribution in [3.8, 4) is 0 Å². The van der Waals surface area contributed by atoms with Crippen LogP contribution in [-0.2, 0) is 11.3 Å². The topological polar surface area (TPSA) is 74.9 Å². The lowest BCUT2D eigenvalue weighted by Crippen LogP contribution is -2.33. The molecule has 3 rings (SSSR count). The standard InChI is InChI=1S/C24H30FNO4/c1-3-17(9-10-27)8-7-16(2)13-26-14-21(20-5-4-6-22(25)24(20)26)23-12-18(29)11-19(15-28)30-23/h3-8,14,18-19,23,27-29H,1,9-13,15H2,2H3/b16-7+,17-8+/t18-,19-,23+/m0/s1. The van der Waals surface area contributed by atoms with Crippen molar-refractivity contribution in [3.05, 3.63) is 71.7 Å². The van der Waals surface area contributed by atoms with Crippen LogP contribution in [0.25, 0.3) is 10.9 Å². The first-order valence-corrected chi connectivity index (χ1v) is 10.3. The van der Waals surface area contributed by atoms with E-state index in [9.17, 15) is 14.6 Å². The van der Waals surface area contributed by atoms with Gasteiger partial charge in [-0.15, -0.1) is 0 Å². The van der Waals surface area contributed by atoms with E-state index in [0.29, 0.717) is 31.3 Å². The van der Waals surface area contributed by atoms with Crippen LogP contribution in [-0.4, -0.2) is 45.3 Å². The maximum absolute atomic E-state index is 14.7. The van der Waals surface area contributed by atoms with Gasteiger partial charge >= 0.3 is 0 Å². The number of para-hydroxylation sites is 1. The van der Waals surface area contributed by atoms with Gasteiger partial charge in [-0.25, -0.2) is 4.39 Å². The Hall–Kier alpha value is -2.25. The Balaban J connectivity index is 1.95. The van der Waals surface area contributed by atoms with Gasteiger partial charge in [-0.2, -0.15) is 0 Å². The third-order valence-electron chi connectivity index (χ3n) is 5.47. The summed E-state index contributed by atoms with van der Waals surface area (Å²) in [4.78, 5) is 0. The van der Waals surface area contributed by atoms with Gasteiger partial charge in [-0.3, -0.25) is 0 Å². The van der Waals surface area contributed by atoms with Crippen LogP contribution in [0.5, 0.6) is 0 Å². The van der Waals surface area contributed by atoms with Crippen molar-refractivity contribution in [2.75, 3.05) is 13.2 Å². The highest BCUT2D eigenvalue weighted by molar-refractivity contribution is 5.85. The second-order valence-electron chi connectivity index (χ2n) is 7.84. The quantitative estimate of drug-likeness (QED) is 0.574. The van der Waals surface area contributed by atoms with Crippen LogP contribution in [0.2, 0.25) is 0 Å². The lowest BCUT2D eigenvalue weighted by Gasteiger charge is -2.32. The molecule has 5 nitrogen and oxygen atoms in total. The predicted molar refractivity (Wildman–Crippen MR) is 116 cm³/mol. The molecule has 0 radical (unpaired) electrons. The van der Waals surface area contributed by atoms with Crippen LogP contribution in [0.1, 0.15) is 37.9 Å². The number of halogens is 1. The number of aliphatic hydroxyl groups excluding tert-OH is 3. The molecule has 2 aromatic rings. The summed E-state index contributed by atoms with van der Waals surface area (Å²) in [5.41, 5.74) is 3.25. The molecule has 2 heterocycles. The first kappa shape index (κ1) is 22.4. The first-order chi connectivity index (χ1) is 14.5.